The van der Waals surface area contributed by atoms with E-state index in [-0.39, 0.29) is 17.4 Å². The number of imidazole rings is 1. The summed E-state index contributed by atoms with van der Waals surface area (Å²) in [5.41, 5.74) is 2.57. The highest BCUT2D eigenvalue weighted by Gasteiger charge is 2.35. The fourth-order valence-electron chi connectivity index (χ4n) is 5.41. The molecule has 34 heavy (non-hydrogen) atoms. The van der Waals surface area contributed by atoms with Crippen LogP contribution in [-0.2, 0) is 0 Å². The van der Waals surface area contributed by atoms with Gasteiger partial charge in [-0.3, -0.25) is 4.79 Å². The van der Waals surface area contributed by atoms with Gasteiger partial charge in [0.05, 0.1) is 36.5 Å². The van der Waals surface area contributed by atoms with Crippen molar-refractivity contribution in [1.29, 1.82) is 0 Å². The molecule has 7 rings (SSSR count). The fraction of sp³-hybridized carbons (Fsp3) is 0.360. The summed E-state index contributed by atoms with van der Waals surface area (Å²) in [4.78, 5) is 26.6. The second kappa shape index (κ2) is 8.02. The lowest BCUT2D eigenvalue weighted by molar-refractivity contribution is 0.0976. The Hall–Kier alpha value is -3.59. The second-order valence-electron chi connectivity index (χ2n) is 9.09. The van der Waals surface area contributed by atoms with Crippen molar-refractivity contribution in [1.82, 2.24) is 19.9 Å². The number of H-pyrrole nitrogens is 2. The van der Waals surface area contributed by atoms with Crippen molar-refractivity contribution in [3.63, 3.8) is 0 Å². The number of aromatic amines is 2. The number of halogens is 1. The van der Waals surface area contributed by atoms with Gasteiger partial charge in [-0.25, -0.2) is 9.37 Å². The summed E-state index contributed by atoms with van der Waals surface area (Å²) < 4.78 is 24.8. The Morgan fingerprint density at radius 1 is 1.06 bits per heavy atom. The number of anilines is 1. The standard InChI is InChI=1S/C25H26FN5O3/c1-33-20-10-15-17(11-21(20)34-2)30-25(32)22(24-28-16-4-3-14(26)9-18(16)29-24)23(15)27-19-12-31-7-5-13(19)6-8-31/h3-4,9-11,13,19H,5-8,12H2,1-2H3,(H,28,29)(H2,27,30,32)/t19-/m1/s1. The number of fused-ring (bicyclic) bond motifs is 5. The lowest BCUT2D eigenvalue weighted by Gasteiger charge is -2.45. The molecule has 0 amide bonds. The van der Waals surface area contributed by atoms with E-state index >= 15 is 0 Å². The van der Waals surface area contributed by atoms with Crippen LogP contribution in [0, 0.1) is 11.7 Å². The Morgan fingerprint density at radius 3 is 2.53 bits per heavy atom. The van der Waals surface area contributed by atoms with Crippen LogP contribution < -0.4 is 20.3 Å². The Kier molecular flexibility index (Phi) is 4.95. The number of aromatic nitrogens is 3. The molecular weight excluding hydrogens is 437 g/mol. The topological polar surface area (TPSA) is 95.3 Å². The van der Waals surface area contributed by atoms with Crippen LogP contribution in [0.3, 0.4) is 0 Å². The minimum Gasteiger partial charge on any atom is -0.493 e. The fourth-order valence-corrected chi connectivity index (χ4v) is 5.41. The van der Waals surface area contributed by atoms with Gasteiger partial charge in [0.15, 0.2) is 11.5 Å². The maximum atomic E-state index is 13.8. The molecule has 0 spiro atoms. The third-order valence-corrected chi connectivity index (χ3v) is 7.18. The number of methoxy groups -OCH3 is 2. The Morgan fingerprint density at radius 2 is 1.82 bits per heavy atom. The van der Waals surface area contributed by atoms with E-state index in [1.165, 1.54) is 12.1 Å². The predicted octanol–water partition coefficient (Wildman–Crippen LogP) is 3.73. The van der Waals surface area contributed by atoms with Crippen molar-refractivity contribution in [2.45, 2.75) is 18.9 Å². The summed E-state index contributed by atoms with van der Waals surface area (Å²) >= 11 is 0. The van der Waals surface area contributed by atoms with E-state index in [0.29, 0.717) is 51.0 Å². The van der Waals surface area contributed by atoms with Gasteiger partial charge < -0.3 is 29.7 Å². The van der Waals surface area contributed by atoms with E-state index in [0.717, 1.165) is 37.9 Å². The summed E-state index contributed by atoms with van der Waals surface area (Å²) in [5, 5.41) is 4.52. The molecule has 4 aromatic rings. The van der Waals surface area contributed by atoms with E-state index in [2.05, 4.69) is 25.2 Å². The lowest BCUT2D eigenvalue weighted by atomic mass is 9.83. The van der Waals surface area contributed by atoms with Crippen LogP contribution >= 0.6 is 0 Å². The molecule has 0 saturated carbocycles. The summed E-state index contributed by atoms with van der Waals surface area (Å²) in [6.45, 7) is 3.16. The molecular formula is C25H26FN5O3. The van der Waals surface area contributed by atoms with Crippen LogP contribution in [0.15, 0.2) is 35.1 Å². The summed E-state index contributed by atoms with van der Waals surface area (Å²) in [5.74, 6) is 1.67. The molecule has 8 nitrogen and oxygen atoms in total. The van der Waals surface area contributed by atoms with Gasteiger partial charge >= 0.3 is 0 Å². The minimum atomic E-state index is -0.363. The zero-order valence-corrected chi connectivity index (χ0v) is 19.1. The van der Waals surface area contributed by atoms with Crippen LogP contribution in [0.5, 0.6) is 11.5 Å². The summed E-state index contributed by atoms with van der Waals surface area (Å²) in [6.07, 6.45) is 2.27. The summed E-state index contributed by atoms with van der Waals surface area (Å²) in [7, 11) is 3.15. The molecule has 9 heteroatoms. The first-order valence-electron chi connectivity index (χ1n) is 11.5. The van der Waals surface area contributed by atoms with E-state index in [1.807, 2.05) is 6.07 Å². The Balaban J connectivity index is 1.58. The normalized spacial score (nSPS) is 21.8. The third-order valence-electron chi connectivity index (χ3n) is 7.18. The van der Waals surface area contributed by atoms with Crippen molar-refractivity contribution in [3.8, 4) is 22.9 Å². The van der Waals surface area contributed by atoms with Crippen LogP contribution in [0.25, 0.3) is 33.3 Å². The highest BCUT2D eigenvalue weighted by molar-refractivity contribution is 6.00. The van der Waals surface area contributed by atoms with Crippen molar-refractivity contribution in [3.05, 3.63) is 46.5 Å². The molecule has 3 saturated heterocycles. The van der Waals surface area contributed by atoms with Crippen LogP contribution in [0.4, 0.5) is 10.1 Å². The molecule has 3 aliphatic heterocycles. The van der Waals surface area contributed by atoms with Gasteiger partial charge in [-0.2, -0.15) is 0 Å². The molecule has 5 heterocycles. The van der Waals surface area contributed by atoms with Crippen LogP contribution in [0.1, 0.15) is 12.8 Å². The molecule has 176 valence electrons. The van der Waals surface area contributed by atoms with Crippen molar-refractivity contribution in [2.24, 2.45) is 5.92 Å². The average molecular weight is 464 g/mol. The van der Waals surface area contributed by atoms with Gasteiger partial charge in [-0.1, -0.05) is 0 Å². The molecule has 1 atom stereocenters. The van der Waals surface area contributed by atoms with Gasteiger partial charge in [-0.05, 0) is 56.1 Å². The number of piperidine rings is 3. The largest absolute Gasteiger partial charge is 0.493 e. The lowest BCUT2D eigenvalue weighted by Crippen LogP contribution is -2.53. The van der Waals surface area contributed by atoms with Crippen LogP contribution in [-0.4, -0.2) is 59.7 Å². The quantitative estimate of drug-likeness (QED) is 0.418. The van der Waals surface area contributed by atoms with Gasteiger partial charge in [0.25, 0.3) is 5.56 Å². The smallest absolute Gasteiger partial charge is 0.261 e. The van der Waals surface area contributed by atoms with Crippen LogP contribution in [0.2, 0.25) is 0 Å². The first kappa shape index (κ1) is 21.0. The first-order chi connectivity index (χ1) is 16.5. The SMILES string of the molecule is COc1cc2[nH]c(=O)c(-c3nc4ccc(F)cc4[nH]3)c(N[C@@H]3CN4CCC3CC4)c2cc1OC. The zero-order chi connectivity index (χ0) is 23.4. The number of hydrogen-bond donors (Lipinski definition) is 3. The van der Waals surface area contributed by atoms with Crippen molar-refractivity contribution in [2.75, 3.05) is 39.2 Å². The molecule has 2 bridgehead atoms. The molecule has 0 unspecified atom stereocenters. The number of nitrogens with one attached hydrogen (secondary N) is 3. The first-order valence-corrected chi connectivity index (χ1v) is 11.5. The zero-order valence-electron chi connectivity index (χ0n) is 19.1. The van der Waals surface area contributed by atoms with Gasteiger partial charge in [0.2, 0.25) is 0 Å². The highest BCUT2D eigenvalue weighted by Crippen LogP contribution is 2.39. The highest BCUT2D eigenvalue weighted by atomic mass is 19.1. The van der Waals surface area contributed by atoms with Gasteiger partial charge in [-0.15, -0.1) is 0 Å². The number of nitrogens with zero attached hydrogens (tertiary/aromatic N) is 2. The number of rotatable bonds is 5. The van der Waals surface area contributed by atoms with E-state index in [1.54, 1.807) is 26.4 Å². The molecule has 3 N–H and O–H groups in total. The number of ether oxygens (including phenoxy) is 2. The van der Waals surface area contributed by atoms with Crippen molar-refractivity contribution < 1.29 is 13.9 Å². The van der Waals surface area contributed by atoms with E-state index < -0.39 is 0 Å². The molecule has 2 aromatic heterocycles. The summed E-state index contributed by atoms with van der Waals surface area (Å²) in [6, 6.07) is 8.21. The second-order valence-corrected chi connectivity index (χ2v) is 9.09. The molecule has 0 radical (unpaired) electrons. The molecule has 0 aliphatic carbocycles. The Labute approximate surface area is 195 Å². The maximum Gasteiger partial charge on any atom is 0.261 e. The van der Waals surface area contributed by atoms with E-state index in [4.69, 9.17) is 9.47 Å². The minimum absolute atomic E-state index is 0.209. The monoisotopic (exact) mass is 463 g/mol. The van der Waals surface area contributed by atoms with E-state index in [9.17, 15) is 9.18 Å². The molecule has 3 fully saturated rings. The predicted molar refractivity (Wildman–Crippen MR) is 129 cm³/mol. The average Bonchev–Trinajstić information content (AvgIpc) is 3.26. The number of pyridine rings is 1. The van der Waals surface area contributed by atoms with Crippen molar-refractivity contribution >= 4 is 27.6 Å². The maximum absolute atomic E-state index is 13.8. The Bertz CT molecular complexity index is 1450. The van der Waals surface area contributed by atoms with Gasteiger partial charge in [0.1, 0.15) is 17.2 Å². The third kappa shape index (κ3) is 3.38. The molecule has 2 aromatic carbocycles. The molecule has 3 aliphatic rings. The number of hydrogen-bond acceptors (Lipinski definition) is 6. The van der Waals surface area contributed by atoms with Gasteiger partial charge in [0, 0.05) is 24.0 Å². The number of benzene rings is 2.